The number of benzene rings is 1. The summed E-state index contributed by atoms with van der Waals surface area (Å²) in [6.45, 7) is 1.08. The normalized spacial score (nSPS) is 19.1. The number of halogens is 5. The maximum absolute atomic E-state index is 15.4. The summed E-state index contributed by atoms with van der Waals surface area (Å²) in [5, 5.41) is 2.88. The van der Waals surface area contributed by atoms with Gasteiger partial charge in [0.1, 0.15) is 17.5 Å². The second-order valence-corrected chi connectivity index (χ2v) is 7.83. The highest BCUT2D eigenvalue weighted by Gasteiger charge is 2.53. The second kappa shape index (κ2) is 8.66. The molecule has 0 radical (unpaired) electrons. The molecule has 1 aromatic carbocycles. The van der Waals surface area contributed by atoms with Crippen molar-refractivity contribution in [1.82, 2.24) is 9.97 Å². The Balaban J connectivity index is 1.70. The van der Waals surface area contributed by atoms with E-state index in [0.717, 1.165) is 6.07 Å². The SMILES string of the molecule is Cc1nc(NCc2cccc(C(F)F)c2F)c(C2OCCO2)c(C(F)C2(CF)CC2)n1. The van der Waals surface area contributed by atoms with Crippen molar-refractivity contribution >= 4 is 5.82 Å². The van der Waals surface area contributed by atoms with Crippen LogP contribution >= 0.6 is 0 Å². The number of anilines is 1. The van der Waals surface area contributed by atoms with Gasteiger partial charge in [0.05, 0.1) is 36.7 Å². The Morgan fingerprint density at radius 3 is 2.48 bits per heavy atom. The third kappa shape index (κ3) is 4.23. The van der Waals surface area contributed by atoms with E-state index in [2.05, 4.69) is 15.3 Å². The molecular weight excluding hydrogens is 421 g/mol. The minimum absolute atomic E-state index is 0.00551. The number of nitrogens with one attached hydrogen (secondary N) is 1. The van der Waals surface area contributed by atoms with Gasteiger partial charge >= 0.3 is 0 Å². The first kappa shape index (κ1) is 21.9. The molecule has 0 amide bonds. The molecule has 31 heavy (non-hydrogen) atoms. The fourth-order valence-electron chi connectivity index (χ4n) is 3.68. The third-order valence-corrected chi connectivity index (χ3v) is 5.67. The summed E-state index contributed by atoms with van der Waals surface area (Å²) < 4.78 is 80.4. The Labute approximate surface area is 176 Å². The quantitative estimate of drug-likeness (QED) is 0.563. The Kier molecular flexibility index (Phi) is 6.11. The molecule has 0 spiro atoms. The zero-order valence-electron chi connectivity index (χ0n) is 16.8. The van der Waals surface area contributed by atoms with Crippen molar-refractivity contribution in [2.24, 2.45) is 5.41 Å². The summed E-state index contributed by atoms with van der Waals surface area (Å²) in [6, 6.07) is 3.71. The van der Waals surface area contributed by atoms with E-state index in [1.807, 2.05) is 0 Å². The van der Waals surface area contributed by atoms with Gasteiger partial charge in [-0.3, -0.25) is 4.39 Å². The molecule has 4 rings (SSSR count). The molecule has 1 aliphatic heterocycles. The molecule has 1 unspecified atom stereocenters. The monoisotopic (exact) mass is 443 g/mol. The zero-order valence-corrected chi connectivity index (χ0v) is 16.8. The van der Waals surface area contributed by atoms with Gasteiger partial charge in [-0.25, -0.2) is 27.5 Å². The van der Waals surface area contributed by atoms with Crippen LogP contribution in [0.2, 0.25) is 0 Å². The highest BCUT2D eigenvalue weighted by molar-refractivity contribution is 5.50. The van der Waals surface area contributed by atoms with E-state index >= 15 is 4.39 Å². The van der Waals surface area contributed by atoms with E-state index in [9.17, 15) is 17.6 Å². The first-order valence-corrected chi connectivity index (χ1v) is 9.97. The molecule has 1 N–H and O–H groups in total. The van der Waals surface area contributed by atoms with Gasteiger partial charge in [0, 0.05) is 17.5 Å². The van der Waals surface area contributed by atoms with E-state index in [4.69, 9.17) is 9.47 Å². The number of nitrogens with zero attached hydrogens (tertiary/aromatic N) is 2. The van der Waals surface area contributed by atoms with Gasteiger partial charge in [-0.1, -0.05) is 18.2 Å². The van der Waals surface area contributed by atoms with E-state index in [1.165, 1.54) is 12.1 Å². The van der Waals surface area contributed by atoms with Crippen LogP contribution in [0.15, 0.2) is 18.2 Å². The van der Waals surface area contributed by atoms with E-state index in [1.54, 1.807) is 6.92 Å². The van der Waals surface area contributed by atoms with Crippen LogP contribution in [0.1, 0.15) is 59.9 Å². The standard InChI is InChI=1S/C21H22F5N3O2/c1-11-28-16(17(24)21(10-22)5-6-21)14(20-30-7-8-31-20)19(29-11)27-9-12-3-2-4-13(15(12)23)18(25)26/h2-4,17-18,20H,5-10H2,1H3,(H,27,28,29). The van der Waals surface area contributed by atoms with Crippen molar-refractivity contribution in [3.63, 3.8) is 0 Å². The number of alkyl halides is 4. The molecule has 10 heteroatoms. The number of aromatic nitrogens is 2. The molecule has 5 nitrogen and oxygen atoms in total. The molecule has 1 aliphatic carbocycles. The van der Waals surface area contributed by atoms with Crippen LogP contribution in [0.5, 0.6) is 0 Å². The smallest absolute Gasteiger partial charge is 0.266 e. The number of ether oxygens (including phenoxy) is 2. The predicted octanol–water partition coefficient (Wildman–Crippen LogP) is 5.28. The highest BCUT2D eigenvalue weighted by atomic mass is 19.3. The van der Waals surface area contributed by atoms with Crippen molar-refractivity contribution in [2.75, 3.05) is 25.2 Å². The van der Waals surface area contributed by atoms with Crippen LogP contribution in [0, 0.1) is 18.2 Å². The second-order valence-electron chi connectivity index (χ2n) is 7.83. The zero-order chi connectivity index (χ0) is 22.2. The minimum Gasteiger partial charge on any atom is -0.365 e. The van der Waals surface area contributed by atoms with Crippen LogP contribution in [0.3, 0.4) is 0 Å². The largest absolute Gasteiger partial charge is 0.365 e. The molecule has 1 saturated heterocycles. The molecule has 1 saturated carbocycles. The first-order valence-electron chi connectivity index (χ1n) is 9.97. The Morgan fingerprint density at radius 1 is 1.16 bits per heavy atom. The molecule has 0 bridgehead atoms. The lowest BCUT2D eigenvalue weighted by Gasteiger charge is -2.24. The average Bonchev–Trinajstić information content (AvgIpc) is 3.37. The van der Waals surface area contributed by atoms with Crippen molar-refractivity contribution in [2.45, 2.75) is 45.2 Å². The Bertz CT molecular complexity index is 949. The molecule has 2 aliphatic rings. The number of aryl methyl sites for hydroxylation is 1. The summed E-state index contributed by atoms with van der Waals surface area (Å²) in [6.07, 6.45) is -4.82. The fourth-order valence-corrected chi connectivity index (χ4v) is 3.68. The molecule has 2 heterocycles. The summed E-state index contributed by atoms with van der Waals surface area (Å²) >= 11 is 0. The van der Waals surface area contributed by atoms with E-state index in [0.29, 0.717) is 12.8 Å². The lowest BCUT2D eigenvalue weighted by molar-refractivity contribution is -0.0460. The van der Waals surface area contributed by atoms with E-state index < -0.39 is 42.4 Å². The van der Waals surface area contributed by atoms with Crippen molar-refractivity contribution < 1.29 is 31.4 Å². The summed E-state index contributed by atoms with van der Waals surface area (Å²) in [7, 11) is 0. The predicted molar refractivity (Wildman–Crippen MR) is 102 cm³/mol. The molecule has 1 atom stereocenters. The first-order chi connectivity index (χ1) is 14.9. The Morgan fingerprint density at radius 2 is 1.87 bits per heavy atom. The van der Waals surface area contributed by atoms with Crippen LogP contribution < -0.4 is 5.32 Å². The van der Waals surface area contributed by atoms with Gasteiger partial charge in [-0.15, -0.1) is 0 Å². The van der Waals surface area contributed by atoms with Crippen LogP contribution in [-0.2, 0) is 16.0 Å². The lowest BCUT2D eigenvalue weighted by Crippen LogP contribution is -2.20. The summed E-state index contributed by atoms with van der Waals surface area (Å²) in [5.74, 6) is -0.671. The van der Waals surface area contributed by atoms with Gasteiger partial charge in [0.25, 0.3) is 6.43 Å². The van der Waals surface area contributed by atoms with Gasteiger partial charge in [-0.05, 0) is 19.8 Å². The number of hydrogen-bond acceptors (Lipinski definition) is 5. The fraction of sp³-hybridized carbons (Fsp3) is 0.524. The molecule has 168 valence electrons. The molecule has 2 aromatic rings. The van der Waals surface area contributed by atoms with Gasteiger partial charge in [0.2, 0.25) is 0 Å². The topological polar surface area (TPSA) is 56.3 Å². The van der Waals surface area contributed by atoms with Gasteiger partial charge < -0.3 is 14.8 Å². The van der Waals surface area contributed by atoms with Crippen LogP contribution in [-0.4, -0.2) is 29.9 Å². The molecule has 2 fully saturated rings. The number of rotatable bonds is 8. The van der Waals surface area contributed by atoms with Crippen LogP contribution in [0.25, 0.3) is 0 Å². The van der Waals surface area contributed by atoms with Gasteiger partial charge in [0.15, 0.2) is 12.5 Å². The van der Waals surface area contributed by atoms with Crippen molar-refractivity contribution in [3.05, 3.63) is 52.2 Å². The third-order valence-electron chi connectivity index (χ3n) is 5.67. The summed E-state index contributed by atoms with van der Waals surface area (Å²) in [5.41, 5.74) is -1.68. The average molecular weight is 443 g/mol. The molecule has 1 aromatic heterocycles. The van der Waals surface area contributed by atoms with Gasteiger partial charge in [-0.2, -0.15) is 0 Å². The van der Waals surface area contributed by atoms with Crippen molar-refractivity contribution in [3.8, 4) is 0 Å². The number of hydrogen-bond donors (Lipinski definition) is 1. The molecular formula is C21H22F5N3O2. The maximum atomic E-state index is 15.4. The van der Waals surface area contributed by atoms with E-state index in [-0.39, 0.29) is 48.2 Å². The van der Waals surface area contributed by atoms with Crippen LogP contribution in [0.4, 0.5) is 27.8 Å². The highest BCUT2D eigenvalue weighted by Crippen LogP contribution is 2.58. The Hall–Kier alpha value is -2.33. The summed E-state index contributed by atoms with van der Waals surface area (Å²) in [4.78, 5) is 8.49. The minimum atomic E-state index is -2.95. The van der Waals surface area contributed by atoms with Crippen molar-refractivity contribution in [1.29, 1.82) is 0 Å². The maximum Gasteiger partial charge on any atom is 0.266 e. The lowest BCUT2D eigenvalue weighted by atomic mass is 9.95.